The van der Waals surface area contributed by atoms with Crippen molar-refractivity contribution in [2.75, 3.05) is 0 Å². The molecule has 0 aliphatic heterocycles. The zero-order chi connectivity index (χ0) is 21.1. The Morgan fingerprint density at radius 2 is 1.73 bits per heavy atom. The summed E-state index contributed by atoms with van der Waals surface area (Å²) < 4.78 is 28.4. The first-order chi connectivity index (χ1) is 14.4. The molecule has 30 heavy (non-hydrogen) atoms. The van der Waals surface area contributed by atoms with Crippen LogP contribution in [-0.4, -0.2) is 14.3 Å². The van der Waals surface area contributed by atoms with E-state index in [1.165, 1.54) is 11.6 Å². The van der Waals surface area contributed by atoms with Gasteiger partial charge < -0.3 is 5.32 Å². The van der Waals surface area contributed by atoms with Gasteiger partial charge in [0.2, 0.25) is 10.0 Å². The molecule has 3 aromatic rings. The summed E-state index contributed by atoms with van der Waals surface area (Å²) in [6, 6.07) is 22.2. The molecule has 0 saturated heterocycles. The van der Waals surface area contributed by atoms with Crippen LogP contribution in [0.3, 0.4) is 0 Å². The quantitative estimate of drug-likeness (QED) is 0.635. The number of amides is 1. The molecule has 4 rings (SSSR count). The Kier molecular flexibility index (Phi) is 5.70. The summed E-state index contributed by atoms with van der Waals surface area (Å²) in [4.78, 5) is 13.0. The van der Waals surface area contributed by atoms with Gasteiger partial charge in [-0.05, 0) is 54.2 Å². The Hall–Kier alpha value is -2.96. The topological polar surface area (TPSA) is 75.3 Å². The van der Waals surface area contributed by atoms with E-state index in [1.807, 2.05) is 48.5 Å². The Balaban J connectivity index is 1.52. The highest BCUT2D eigenvalue weighted by Crippen LogP contribution is 2.31. The van der Waals surface area contributed by atoms with Crippen molar-refractivity contribution in [3.05, 3.63) is 101 Å². The second-order valence-electron chi connectivity index (χ2n) is 7.55. The van der Waals surface area contributed by atoms with Gasteiger partial charge in [-0.25, -0.2) is 13.1 Å². The Morgan fingerprint density at radius 1 is 1.00 bits per heavy atom. The number of carbonyl (C=O) groups excluding carboxylic acids is 1. The van der Waals surface area contributed by atoms with Gasteiger partial charge in [-0.1, -0.05) is 60.7 Å². The summed E-state index contributed by atoms with van der Waals surface area (Å²) in [6.07, 6.45) is 1.78. The maximum atomic E-state index is 12.9. The van der Waals surface area contributed by atoms with Crippen molar-refractivity contribution in [1.29, 1.82) is 0 Å². The normalized spacial score (nSPS) is 15.6. The molecule has 1 aliphatic rings. The SMILES string of the molecule is Cc1ccc(C(=O)NC2CCc3ccccc32)cc1S(=O)(=O)NCc1ccccc1. The third-order valence-corrected chi connectivity index (χ3v) is 7.03. The van der Waals surface area contributed by atoms with Crippen LogP contribution < -0.4 is 10.0 Å². The van der Waals surface area contributed by atoms with Crippen LogP contribution in [0.4, 0.5) is 0 Å². The highest BCUT2D eigenvalue weighted by atomic mass is 32.2. The molecule has 1 atom stereocenters. The maximum absolute atomic E-state index is 12.9. The average molecular weight is 421 g/mol. The number of benzene rings is 3. The number of hydrogen-bond acceptors (Lipinski definition) is 3. The number of carbonyl (C=O) groups is 1. The van der Waals surface area contributed by atoms with Crippen LogP contribution in [0.2, 0.25) is 0 Å². The van der Waals surface area contributed by atoms with Gasteiger partial charge >= 0.3 is 0 Å². The van der Waals surface area contributed by atoms with Gasteiger partial charge in [-0.15, -0.1) is 0 Å². The molecule has 0 radical (unpaired) electrons. The van der Waals surface area contributed by atoms with Gasteiger partial charge in [0.05, 0.1) is 10.9 Å². The van der Waals surface area contributed by atoms with Crippen molar-refractivity contribution in [3.63, 3.8) is 0 Å². The van der Waals surface area contributed by atoms with Crippen LogP contribution in [0.25, 0.3) is 0 Å². The molecule has 154 valence electrons. The highest BCUT2D eigenvalue weighted by molar-refractivity contribution is 7.89. The van der Waals surface area contributed by atoms with Crippen LogP contribution in [0, 0.1) is 6.92 Å². The van der Waals surface area contributed by atoms with E-state index in [-0.39, 0.29) is 23.4 Å². The van der Waals surface area contributed by atoms with Crippen molar-refractivity contribution in [2.24, 2.45) is 0 Å². The molecule has 5 nitrogen and oxygen atoms in total. The van der Waals surface area contributed by atoms with Crippen molar-refractivity contribution < 1.29 is 13.2 Å². The van der Waals surface area contributed by atoms with E-state index in [2.05, 4.69) is 16.1 Å². The fraction of sp³-hybridized carbons (Fsp3) is 0.208. The average Bonchev–Trinajstić information content (AvgIpc) is 3.16. The molecular weight excluding hydrogens is 396 g/mol. The number of sulfonamides is 1. The van der Waals surface area contributed by atoms with E-state index in [4.69, 9.17) is 0 Å². The minimum Gasteiger partial charge on any atom is -0.345 e. The van der Waals surface area contributed by atoms with Gasteiger partial charge in [0.1, 0.15) is 0 Å². The predicted molar refractivity (Wildman–Crippen MR) is 117 cm³/mol. The second-order valence-corrected chi connectivity index (χ2v) is 9.29. The molecule has 0 fully saturated rings. The first-order valence-corrected chi connectivity index (χ1v) is 11.5. The molecule has 1 amide bonds. The summed E-state index contributed by atoms with van der Waals surface area (Å²) in [6.45, 7) is 1.92. The van der Waals surface area contributed by atoms with Gasteiger partial charge in [-0.3, -0.25) is 4.79 Å². The molecule has 1 unspecified atom stereocenters. The Morgan fingerprint density at radius 3 is 2.53 bits per heavy atom. The van der Waals surface area contributed by atoms with Crippen LogP contribution in [0.1, 0.15) is 45.1 Å². The van der Waals surface area contributed by atoms with Gasteiger partial charge in [0.15, 0.2) is 0 Å². The lowest BCUT2D eigenvalue weighted by atomic mass is 10.1. The number of rotatable bonds is 6. The van der Waals surface area contributed by atoms with Crippen LogP contribution in [0.15, 0.2) is 77.7 Å². The standard InChI is InChI=1S/C24H24N2O3S/c1-17-11-12-20(24(27)26-22-14-13-19-9-5-6-10-21(19)22)15-23(17)30(28,29)25-16-18-7-3-2-4-8-18/h2-12,15,22,25H,13-14,16H2,1H3,(H,26,27). The van der Waals surface area contributed by atoms with Crippen LogP contribution >= 0.6 is 0 Å². The van der Waals surface area contributed by atoms with Crippen LogP contribution in [0.5, 0.6) is 0 Å². The van der Waals surface area contributed by atoms with E-state index >= 15 is 0 Å². The number of hydrogen-bond donors (Lipinski definition) is 2. The van der Waals surface area contributed by atoms with E-state index in [9.17, 15) is 13.2 Å². The molecule has 0 spiro atoms. The maximum Gasteiger partial charge on any atom is 0.251 e. The molecule has 0 heterocycles. The van der Waals surface area contributed by atoms with Crippen molar-refractivity contribution in [3.8, 4) is 0 Å². The molecular formula is C24H24N2O3S. The third kappa shape index (κ3) is 4.30. The fourth-order valence-electron chi connectivity index (χ4n) is 3.83. The lowest BCUT2D eigenvalue weighted by Gasteiger charge is -2.15. The molecule has 2 N–H and O–H groups in total. The van der Waals surface area contributed by atoms with Crippen molar-refractivity contribution in [1.82, 2.24) is 10.0 Å². The summed E-state index contributed by atoms with van der Waals surface area (Å²) in [5, 5.41) is 3.05. The number of nitrogens with one attached hydrogen (secondary N) is 2. The first-order valence-electron chi connectivity index (χ1n) is 9.97. The smallest absolute Gasteiger partial charge is 0.251 e. The molecule has 0 saturated carbocycles. The largest absolute Gasteiger partial charge is 0.345 e. The fourth-order valence-corrected chi connectivity index (χ4v) is 5.12. The highest BCUT2D eigenvalue weighted by Gasteiger charge is 2.25. The van der Waals surface area contributed by atoms with Crippen LogP contribution in [-0.2, 0) is 23.0 Å². The second kappa shape index (κ2) is 8.42. The number of fused-ring (bicyclic) bond motifs is 1. The molecule has 0 bridgehead atoms. The Labute approximate surface area is 177 Å². The lowest BCUT2D eigenvalue weighted by molar-refractivity contribution is 0.0936. The summed E-state index contributed by atoms with van der Waals surface area (Å²) >= 11 is 0. The lowest BCUT2D eigenvalue weighted by Crippen LogP contribution is -2.28. The van der Waals surface area contributed by atoms with Crippen molar-refractivity contribution in [2.45, 2.75) is 37.2 Å². The molecule has 3 aromatic carbocycles. The monoisotopic (exact) mass is 420 g/mol. The zero-order valence-electron chi connectivity index (χ0n) is 16.8. The molecule has 1 aliphatic carbocycles. The third-order valence-electron chi connectivity index (χ3n) is 5.49. The van der Waals surface area contributed by atoms with E-state index in [0.717, 1.165) is 24.0 Å². The number of aryl methyl sites for hydroxylation is 2. The van der Waals surface area contributed by atoms with Gasteiger partial charge in [0.25, 0.3) is 5.91 Å². The minimum atomic E-state index is -3.75. The van der Waals surface area contributed by atoms with Crippen molar-refractivity contribution >= 4 is 15.9 Å². The summed E-state index contributed by atoms with van der Waals surface area (Å²) in [5.41, 5.74) is 4.19. The van der Waals surface area contributed by atoms with E-state index < -0.39 is 10.0 Å². The van der Waals surface area contributed by atoms with Gasteiger partial charge in [0, 0.05) is 12.1 Å². The van der Waals surface area contributed by atoms with E-state index in [1.54, 1.807) is 19.1 Å². The molecule has 0 aromatic heterocycles. The zero-order valence-corrected chi connectivity index (χ0v) is 17.6. The first kappa shape index (κ1) is 20.3. The Bertz CT molecular complexity index is 1170. The van der Waals surface area contributed by atoms with Gasteiger partial charge in [-0.2, -0.15) is 0 Å². The predicted octanol–water partition coefficient (Wildman–Crippen LogP) is 3.89. The molecule has 6 heteroatoms. The summed E-state index contributed by atoms with van der Waals surface area (Å²) in [5.74, 6) is -0.267. The van der Waals surface area contributed by atoms with E-state index in [0.29, 0.717) is 11.1 Å². The minimum absolute atomic E-state index is 0.0498. The summed E-state index contributed by atoms with van der Waals surface area (Å²) in [7, 11) is -3.75.